The van der Waals surface area contributed by atoms with Crippen LogP contribution in [0.1, 0.15) is 50.2 Å². The van der Waals surface area contributed by atoms with Crippen LogP contribution in [0.5, 0.6) is 5.75 Å². The molecule has 0 saturated carbocycles. The predicted octanol–water partition coefficient (Wildman–Crippen LogP) is 3.20. The fourth-order valence-corrected chi connectivity index (χ4v) is 2.53. The highest BCUT2D eigenvalue weighted by Gasteiger charge is 2.14. The smallest absolute Gasteiger partial charge is 0.116 e. The molecule has 0 bridgehead atoms. The first-order valence-electron chi connectivity index (χ1n) is 6.71. The molecule has 1 aliphatic rings. The molecule has 0 spiro atoms. The first-order chi connectivity index (χ1) is 8.15. The van der Waals surface area contributed by atoms with Crippen LogP contribution in [0.3, 0.4) is 0 Å². The highest BCUT2D eigenvalue weighted by molar-refractivity contribution is 5.35. The van der Waals surface area contributed by atoms with Crippen LogP contribution < -0.4 is 5.32 Å². The maximum absolute atomic E-state index is 9.75. The normalized spacial score (nSPS) is 20.8. The number of hydrogen-bond donors (Lipinski definition) is 2. The van der Waals surface area contributed by atoms with Gasteiger partial charge in [0.1, 0.15) is 5.75 Å². The van der Waals surface area contributed by atoms with Crippen molar-refractivity contribution < 1.29 is 5.11 Å². The number of piperidine rings is 1. The Hall–Kier alpha value is -1.02. The molecule has 2 nitrogen and oxygen atoms in total. The Morgan fingerprint density at radius 1 is 1.29 bits per heavy atom. The van der Waals surface area contributed by atoms with Gasteiger partial charge in [-0.2, -0.15) is 0 Å². The van der Waals surface area contributed by atoms with E-state index in [1.54, 1.807) is 0 Å². The number of phenolic OH excluding ortho intramolecular Hbond substituents is 1. The van der Waals surface area contributed by atoms with Crippen molar-refractivity contribution >= 4 is 0 Å². The van der Waals surface area contributed by atoms with Gasteiger partial charge in [-0.15, -0.1) is 0 Å². The average molecular weight is 233 g/mol. The molecule has 2 N–H and O–H groups in total. The van der Waals surface area contributed by atoms with Crippen molar-refractivity contribution in [3.05, 3.63) is 29.3 Å². The van der Waals surface area contributed by atoms with Crippen molar-refractivity contribution in [3.63, 3.8) is 0 Å². The zero-order chi connectivity index (χ0) is 12.3. The fraction of sp³-hybridized carbons (Fsp3) is 0.600. The number of rotatable bonds is 3. The van der Waals surface area contributed by atoms with Gasteiger partial charge in [-0.1, -0.05) is 26.3 Å². The summed E-state index contributed by atoms with van der Waals surface area (Å²) in [6.45, 7) is 5.47. The Labute approximate surface area is 104 Å². The quantitative estimate of drug-likeness (QED) is 0.840. The Balaban J connectivity index is 2.09. The molecule has 0 radical (unpaired) electrons. The third-order valence-corrected chi connectivity index (χ3v) is 3.56. The highest BCUT2D eigenvalue weighted by Crippen LogP contribution is 2.24. The van der Waals surface area contributed by atoms with Crippen LogP contribution in [0.4, 0.5) is 0 Å². The molecule has 0 aliphatic carbocycles. The van der Waals surface area contributed by atoms with E-state index in [0.717, 1.165) is 13.0 Å². The molecule has 1 aromatic rings. The Kier molecular flexibility index (Phi) is 4.06. The predicted molar refractivity (Wildman–Crippen MR) is 71.5 cm³/mol. The first kappa shape index (κ1) is 12.4. The summed E-state index contributed by atoms with van der Waals surface area (Å²) in [4.78, 5) is 0. The van der Waals surface area contributed by atoms with E-state index in [0.29, 0.717) is 17.7 Å². The second-order valence-corrected chi connectivity index (χ2v) is 5.44. The van der Waals surface area contributed by atoms with Gasteiger partial charge in [-0.3, -0.25) is 0 Å². The molecule has 1 aliphatic heterocycles. The fourth-order valence-electron chi connectivity index (χ4n) is 2.53. The lowest BCUT2D eigenvalue weighted by molar-refractivity contribution is 0.398. The molecular formula is C15H23NO. The summed E-state index contributed by atoms with van der Waals surface area (Å²) in [5.41, 5.74) is 2.49. The third kappa shape index (κ3) is 3.47. The van der Waals surface area contributed by atoms with Gasteiger partial charge < -0.3 is 10.4 Å². The van der Waals surface area contributed by atoms with Crippen molar-refractivity contribution in [1.82, 2.24) is 5.32 Å². The van der Waals surface area contributed by atoms with Crippen LogP contribution >= 0.6 is 0 Å². The second-order valence-electron chi connectivity index (χ2n) is 5.44. The van der Waals surface area contributed by atoms with E-state index < -0.39 is 0 Å². The molecule has 1 saturated heterocycles. The lowest BCUT2D eigenvalue weighted by Gasteiger charge is -2.23. The standard InChI is InChI=1S/C15H23NO/c1-11(2)13-7-12(9-15(17)10-13)8-14-5-3-4-6-16-14/h7,9-11,14,16-17H,3-6,8H2,1-2H3. The minimum atomic E-state index is 0.405. The monoisotopic (exact) mass is 233 g/mol. The van der Waals surface area contributed by atoms with Gasteiger partial charge >= 0.3 is 0 Å². The van der Waals surface area contributed by atoms with Crippen molar-refractivity contribution in [2.45, 2.75) is 51.5 Å². The third-order valence-electron chi connectivity index (χ3n) is 3.56. The summed E-state index contributed by atoms with van der Waals surface area (Å²) >= 11 is 0. The number of phenols is 1. The largest absolute Gasteiger partial charge is 0.508 e. The van der Waals surface area contributed by atoms with Gasteiger partial charge in [0, 0.05) is 6.04 Å². The Morgan fingerprint density at radius 3 is 2.76 bits per heavy atom. The maximum Gasteiger partial charge on any atom is 0.116 e. The van der Waals surface area contributed by atoms with E-state index in [2.05, 4.69) is 25.2 Å². The summed E-state index contributed by atoms with van der Waals surface area (Å²) in [5, 5.41) is 13.3. The Morgan fingerprint density at radius 2 is 2.12 bits per heavy atom. The van der Waals surface area contributed by atoms with Crippen molar-refractivity contribution in [3.8, 4) is 5.75 Å². The van der Waals surface area contributed by atoms with Crippen LogP contribution in [0.25, 0.3) is 0 Å². The van der Waals surface area contributed by atoms with E-state index >= 15 is 0 Å². The van der Waals surface area contributed by atoms with E-state index in [1.165, 1.54) is 30.4 Å². The van der Waals surface area contributed by atoms with Crippen LogP contribution in [-0.2, 0) is 6.42 Å². The van der Waals surface area contributed by atoms with Crippen LogP contribution in [-0.4, -0.2) is 17.7 Å². The summed E-state index contributed by atoms with van der Waals surface area (Å²) in [5.74, 6) is 0.877. The van der Waals surface area contributed by atoms with Gasteiger partial charge in [0.25, 0.3) is 0 Å². The van der Waals surface area contributed by atoms with E-state index in [-0.39, 0.29) is 0 Å². The summed E-state index contributed by atoms with van der Waals surface area (Å²) < 4.78 is 0. The molecule has 94 valence electrons. The summed E-state index contributed by atoms with van der Waals surface area (Å²) in [6.07, 6.45) is 4.92. The molecule has 1 aromatic carbocycles. The summed E-state index contributed by atoms with van der Waals surface area (Å²) in [7, 11) is 0. The highest BCUT2D eigenvalue weighted by atomic mass is 16.3. The van der Waals surface area contributed by atoms with Gasteiger partial charge in [-0.25, -0.2) is 0 Å². The lowest BCUT2D eigenvalue weighted by Crippen LogP contribution is -2.35. The van der Waals surface area contributed by atoms with E-state index in [4.69, 9.17) is 0 Å². The number of nitrogens with one attached hydrogen (secondary N) is 1. The molecule has 17 heavy (non-hydrogen) atoms. The maximum atomic E-state index is 9.75. The van der Waals surface area contributed by atoms with Gasteiger partial charge in [-0.05, 0) is 55.0 Å². The molecule has 1 atom stereocenters. The van der Waals surface area contributed by atoms with Crippen molar-refractivity contribution in [1.29, 1.82) is 0 Å². The zero-order valence-corrected chi connectivity index (χ0v) is 10.9. The molecule has 1 unspecified atom stereocenters. The van der Waals surface area contributed by atoms with Gasteiger partial charge in [0.15, 0.2) is 0 Å². The van der Waals surface area contributed by atoms with Gasteiger partial charge in [0.2, 0.25) is 0 Å². The average Bonchev–Trinajstić information content (AvgIpc) is 2.29. The van der Waals surface area contributed by atoms with E-state index in [9.17, 15) is 5.11 Å². The van der Waals surface area contributed by atoms with Crippen molar-refractivity contribution in [2.24, 2.45) is 0 Å². The zero-order valence-electron chi connectivity index (χ0n) is 10.9. The van der Waals surface area contributed by atoms with Gasteiger partial charge in [0.05, 0.1) is 0 Å². The topological polar surface area (TPSA) is 32.3 Å². The first-order valence-corrected chi connectivity index (χ1v) is 6.71. The van der Waals surface area contributed by atoms with Crippen LogP contribution in [0.15, 0.2) is 18.2 Å². The van der Waals surface area contributed by atoms with E-state index in [1.807, 2.05) is 12.1 Å². The molecule has 1 fully saturated rings. The summed E-state index contributed by atoms with van der Waals surface area (Å²) in [6, 6.07) is 6.61. The van der Waals surface area contributed by atoms with Crippen LogP contribution in [0.2, 0.25) is 0 Å². The minimum absolute atomic E-state index is 0.405. The second kappa shape index (κ2) is 5.54. The SMILES string of the molecule is CC(C)c1cc(O)cc(CC2CCCCN2)c1. The lowest BCUT2D eigenvalue weighted by atomic mass is 9.94. The number of aromatic hydroxyl groups is 1. The van der Waals surface area contributed by atoms with Crippen molar-refractivity contribution in [2.75, 3.05) is 6.54 Å². The van der Waals surface area contributed by atoms with Crippen LogP contribution in [0, 0.1) is 0 Å². The molecule has 0 amide bonds. The number of hydrogen-bond acceptors (Lipinski definition) is 2. The number of benzene rings is 1. The Bertz CT molecular complexity index is 367. The minimum Gasteiger partial charge on any atom is -0.508 e. The molecule has 2 heteroatoms. The molecule has 2 rings (SSSR count). The molecular weight excluding hydrogens is 210 g/mol. The molecule has 1 heterocycles. The molecule has 0 aromatic heterocycles.